The smallest absolute Gasteiger partial charge is 0.296 e. The summed E-state index contributed by atoms with van der Waals surface area (Å²) in [6, 6.07) is 11.2. The van der Waals surface area contributed by atoms with E-state index < -0.39 is 57.0 Å². The van der Waals surface area contributed by atoms with Crippen LogP contribution in [0.1, 0.15) is 39.3 Å². The average Bonchev–Trinajstić information content (AvgIpc) is 3.55. The molecular formula is C27H30N8O9S3. The first-order chi connectivity index (χ1) is 21.8. The molecule has 2 aromatic carbocycles. The molecule has 17 nitrogen and oxygen atoms in total. The first-order valence-corrected chi connectivity index (χ1v) is 18.1. The molecule has 2 heterocycles. The number of rotatable bonds is 12. The van der Waals surface area contributed by atoms with E-state index in [0.29, 0.717) is 23.6 Å². The van der Waals surface area contributed by atoms with Crippen LogP contribution < -0.4 is 5.32 Å². The Kier molecular flexibility index (Phi) is 10.0. The number of hydrogen-bond acceptors (Lipinski definition) is 11. The highest BCUT2D eigenvalue weighted by atomic mass is 32.2. The quantitative estimate of drug-likeness (QED) is 0.0666. The van der Waals surface area contributed by atoms with E-state index in [9.17, 15) is 34.4 Å². The molecule has 0 bridgehead atoms. The van der Waals surface area contributed by atoms with Crippen LogP contribution in [0, 0.1) is 6.57 Å². The summed E-state index contributed by atoms with van der Waals surface area (Å²) >= 11 is 0. The van der Waals surface area contributed by atoms with Gasteiger partial charge < -0.3 is 5.32 Å². The van der Waals surface area contributed by atoms with E-state index in [-0.39, 0.29) is 30.2 Å². The highest BCUT2D eigenvalue weighted by Gasteiger charge is 2.29. The standard InChI is InChI=1S/C27H30N8O9S3/c1-27(2,3)24-23(26(29-14-8-9-15-45(36,37)38)34(33-24)18-10-6-5-7-11-18)31-32-25-20(28-4)17-30-35(25)21-16-19(46(39,40)41)12-13-22(21)47(42,43)44/h5-7,10-13,16-17,29H,8-9,14-15H2,1-3H3,(H,36,37,38)(H,39,40,41)(H,42,43,44). The maximum atomic E-state index is 12.2. The Morgan fingerprint density at radius 3 is 2.17 bits per heavy atom. The van der Waals surface area contributed by atoms with Crippen molar-refractivity contribution >= 4 is 53.4 Å². The zero-order chi connectivity index (χ0) is 34.8. The van der Waals surface area contributed by atoms with Crippen LogP contribution in [0.25, 0.3) is 16.2 Å². The third kappa shape index (κ3) is 8.45. The first kappa shape index (κ1) is 35.3. The normalized spacial score (nSPS) is 12.8. The molecule has 250 valence electrons. The third-order valence-electron chi connectivity index (χ3n) is 6.52. The van der Waals surface area contributed by atoms with Gasteiger partial charge in [0, 0.05) is 12.0 Å². The second-order valence-electron chi connectivity index (χ2n) is 11.1. The molecule has 0 aliphatic carbocycles. The fourth-order valence-electron chi connectivity index (χ4n) is 4.36. The molecule has 0 aliphatic heterocycles. The lowest BCUT2D eigenvalue weighted by Gasteiger charge is -2.15. The van der Waals surface area contributed by atoms with Crippen molar-refractivity contribution in [3.63, 3.8) is 0 Å². The Balaban J connectivity index is 1.92. The van der Waals surface area contributed by atoms with Crippen molar-refractivity contribution in [1.29, 1.82) is 0 Å². The lowest BCUT2D eigenvalue weighted by molar-refractivity contribution is 0.477. The van der Waals surface area contributed by atoms with Gasteiger partial charge in [-0.15, -0.1) is 10.2 Å². The maximum absolute atomic E-state index is 12.2. The summed E-state index contributed by atoms with van der Waals surface area (Å²) < 4.78 is 101. The number of anilines is 1. The molecular weight excluding hydrogens is 677 g/mol. The van der Waals surface area contributed by atoms with Crippen LogP contribution in [0.5, 0.6) is 0 Å². The van der Waals surface area contributed by atoms with Gasteiger partial charge in [0.25, 0.3) is 36.0 Å². The molecule has 2 aromatic heterocycles. The Bertz CT molecular complexity index is 2200. The lowest BCUT2D eigenvalue weighted by Crippen LogP contribution is -2.13. The van der Waals surface area contributed by atoms with Crippen molar-refractivity contribution in [3.05, 3.63) is 71.8 Å². The summed E-state index contributed by atoms with van der Waals surface area (Å²) in [5.74, 6) is -0.442. The van der Waals surface area contributed by atoms with Crippen LogP contribution >= 0.6 is 0 Å². The van der Waals surface area contributed by atoms with E-state index >= 15 is 0 Å². The maximum Gasteiger partial charge on any atom is 0.296 e. The molecule has 0 saturated carbocycles. The number of azo groups is 1. The van der Waals surface area contributed by atoms with E-state index in [1.165, 1.54) is 0 Å². The van der Waals surface area contributed by atoms with Gasteiger partial charge >= 0.3 is 0 Å². The number of benzene rings is 2. The third-order valence-corrected chi connectivity index (χ3v) is 9.07. The van der Waals surface area contributed by atoms with Crippen LogP contribution in [-0.4, -0.2) is 70.8 Å². The summed E-state index contributed by atoms with van der Waals surface area (Å²) in [4.78, 5) is 1.84. The monoisotopic (exact) mass is 706 g/mol. The minimum atomic E-state index is -4.97. The Hall–Kier alpha value is -4.52. The predicted molar refractivity (Wildman–Crippen MR) is 170 cm³/mol. The van der Waals surface area contributed by atoms with Gasteiger partial charge in [0.05, 0.1) is 40.5 Å². The molecule has 0 spiro atoms. The predicted octanol–water partition coefficient (Wildman–Crippen LogP) is 4.89. The molecule has 0 unspecified atom stereocenters. The van der Waals surface area contributed by atoms with E-state index in [0.717, 1.165) is 29.1 Å². The van der Waals surface area contributed by atoms with Crippen LogP contribution in [0.15, 0.2) is 74.7 Å². The first-order valence-electron chi connectivity index (χ1n) is 13.7. The van der Waals surface area contributed by atoms with E-state index in [1.807, 2.05) is 26.8 Å². The summed E-state index contributed by atoms with van der Waals surface area (Å²) in [7, 11) is -14.0. The SMILES string of the molecule is [C-]#[N+]c1cnn(-c2cc(S(=O)(=O)O)ccc2S(=O)(=O)O)c1N=Nc1c(C(C)(C)C)nn(-c2ccccc2)c1NCCCCS(=O)(=O)O. The molecule has 4 aromatic rings. The molecule has 0 amide bonds. The topological polar surface area (TPSA) is 240 Å². The molecule has 47 heavy (non-hydrogen) atoms. The number of para-hydroxylation sites is 1. The van der Waals surface area contributed by atoms with Crippen molar-refractivity contribution in [3.8, 4) is 11.4 Å². The highest BCUT2D eigenvalue weighted by Crippen LogP contribution is 2.41. The molecule has 4 rings (SSSR count). The highest BCUT2D eigenvalue weighted by molar-refractivity contribution is 7.86. The molecule has 20 heteroatoms. The van der Waals surface area contributed by atoms with Crippen LogP contribution in [0.2, 0.25) is 0 Å². The second kappa shape index (κ2) is 13.3. The van der Waals surface area contributed by atoms with Gasteiger partial charge in [-0.05, 0) is 43.2 Å². The minimum absolute atomic E-state index is 0.153. The van der Waals surface area contributed by atoms with Crippen LogP contribution in [0.3, 0.4) is 0 Å². The zero-order valence-corrected chi connectivity index (χ0v) is 27.6. The van der Waals surface area contributed by atoms with Crippen molar-refractivity contribution in [2.75, 3.05) is 17.6 Å². The minimum Gasteiger partial charge on any atom is -0.368 e. The van der Waals surface area contributed by atoms with Gasteiger partial charge in [0.1, 0.15) is 4.90 Å². The van der Waals surface area contributed by atoms with Crippen molar-refractivity contribution in [2.45, 2.75) is 48.8 Å². The van der Waals surface area contributed by atoms with E-state index in [4.69, 9.17) is 16.2 Å². The van der Waals surface area contributed by atoms with E-state index in [1.54, 1.807) is 28.9 Å². The summed E-state index contributed by atoms with van der Waals surface area (Å²) in [6.45, 7) is 13.4. The zero-order valence-electron chi connectivity index (χ0n) is 25.2. The Labute approximate surface area is 271 Å². The van der Waals surface area contributed by atoms with Gasteiger partial charge in [0.15, 0.2) is 17.3 Å². The van der Waals surface area contributed by atoms with Gasteiger partial charge in [-0.1, -0.05) is 39.0 Å². The van der Waals surface area contributed by atoms with Crippen molar-refractivity contribution < 1.29 is 38.9 Å². The molecule has 0 atom stereocenters. The number of hydrogen-bond donors (Lipinski definition) is 4. The Morgan fingerprint density at radius 1 is 0.915 bits per heavy atom. The molecule has 4 N–H and O–H groups in total. The molecule has 0 aliphatic rings. The van der Waals surface area contributed by atoms with Crippen molar-refractivity contribution in [2.24, 2.45) is 10.2 Å². The number of nitrogens with zero attached hydrogens (tertiary/aromatic N) is 7. The van der Waals surface area contributed by atoms with Gasteiger partial charge in [-0.25, -0.2) is 14.2 Å². The van der Waals surface area contributed by atoms with Gasteiger partial charge in [-0.2, -0.15) is 35.5 Å². The summed E-state index contributed by atoms with van der Waals surface area (Å²) in [5.41, 5.74) is -0.138. The fraction of sp³-hybridized carbons (Fsp3) is 0.296. The molecule has 0 saturated heterocycles. The largest absolute Gasteiger partial charge is 0.368 e. The Morgan fingerprint density at radius 2 is 1.60 bits per heavy atom. The van der Waals surface area contributed by atoms with E-state index in [2.05, 4.69) is 25.5 Å². The van der Waals surface area contributed by atoms with Crippen LogP contribution in [-0.2, 0) is 35.8 Å². The molecule has 0 radical (unpaired) electrons. The summed E-state index contributed by atoms with van der Waals surface area (Å²) in [5, 5.41) is 20.6. The fourth-order valence-corrected chi connectivity index (χ4v) is 6.08. The molecule has 0 fully saturated rings. The number of nitrogens with one attached hydrogen (secondary N) is 1. The average molecular weight is 707 g/mol. The summed E-state index contributed by atoms with van der Waals surface area (Å²) in [6.07, 6.45) is 1.51. The number of aromatic nitrogens is 4. The lowest BCUT2D eigenvalue weighted by atomic mass is 9.91. The number of unbranched alkanes of at least 4 members (excludes halogenated alkanes) is 1. The van der Waals surface area contributed by atoms with Gasteiger partial charge in [-0.3, -0.25) is 13.7 Å². The van der Waals surface area contributed by atoms with Crippen molar-refractivity contribution in [1.82, 2.24) is 19.6 Å². The van der Waals surface area contributed by atoms with Gasteiger partial charge in [0.2, 0.25) is 0 Å². The second-order valence-corrected chi connectivity index (χ2v) is 15.5. The van der Waals surface area contributed by atoms with Crippen LogP contribution in [0.4, 0.5) is 23.0 Å².